The highest BCUT2D eigenvalue weighted by atomic mass is 19.3. The molecule has 1 amide bonds. The summed E-state index contributed by atoms with van der Waals surface area (Å²) in [6.07, 6.45) is 1.73. The number of amides is 1. The number of rotatable bonds is 6. The Bertz CT molecular complexity index is 1620. The van der Waals surface area contributed by atoms with Crippen LogP contribution in [0.4, 0.5) is 14.6 Å². The van der Waals surface area contributed by atoms with E-state index < -0.39 is 12.0 Å². The predicted octanol–water partition coefficient (Wildman–Crippen LogP) is 5.21. The second-order valence-electron chi connectivity index (χ2n) is 11.4. The van der Waals surface area contributed by atoms with Crippen molar-refractivity contribution in [2.45, 2.75) is 57.9 Å². The molecule has 1 aromatic carbocycles. The summed E-state index contributed by atoms with van der Waals surface area (Å²) < 4.78 is 33.4. The Morgan fingerprint density at radius 1 is 1.07 bits per heavy atom. The van der Waals surface area contributed by atoms with Crippen molar-refractivity contribution >= 4 is 22.6 Å². The van der Waals surface area contributed by atoms with Gasteiger partial charge in [-0.25, -0.2) is 18.7 Å². The Balaban J connectivity index is 1.17. The van der Waals surface area contributed by atoms with Crippen LogP contribution in [0.15, 0.2) is 60.8 Å². The van der Waals surface area contributed by atoms with Crippen molar-refractivity contribution in [3.8, 4) is 11.4 Å². The maximum atomic E-state index is 13.8. The van der Waals surface area contributed by atoms with Gasteiger partial charge >= 0.3 is 0 Å². The van der Waals surface area contributed by atoms with Crippen LogP contribution in [0.2, 0.25) is 0 Å². The van der Waals surface area contributed by atoms with Crippen LogP contribution in [-0.2, 0) is 11.3 Å². The molecule has 218 valence electrons. The molecule has 0 saturated carbocycles. The van der Waals surface area contributed by atoms with E-state index in [2.05, 4.69) is 34.4 Å². The number of benzene rings is 1. The third-order valence-corrected chi connectivity index (χ3v) is 7.83. The highest BCUT2D eigenvalue weighted by Crippen LogP contribution is 2.35. The molecular weight excluding hydrogens is 538 g/mol. The normalized spacial score (nSPS) is 21.9. The molecule has 0 radical (unpaired) electrons. The Morgan fingerprint density at radius 3 is 2.62 bits per heavy atom. The van der Waals surface area contributed by atoms with Crippen LogP contribution in [0.3, 0.4) is 0 Å². The van der Waals surface area contributed by atoms with Crippen LogP contribution in [0.5, 0.6) is 0 Å². The maximum Gasteiger partial charge on any atom is 0.262 e. The molecule has 6 rings (SSSR count). The van der Waals surface area contributed by atoms with Gasteiger partial charge in [-0.05, 0) is 74.4 Å². The molecule has 3 aromatic heterocycles. The van der Waals surface area contributed by atoms with Gasteiger partial charge in [0, 0.05) is 42.7 Å². The van der Waals surface area contributed by atoms with Crippen LogP contribution in [-0.4, -0.2) is 58.6 Å². The number of hydrogen-bond acceptors (Lipinski definition) is 7. The van der Waals surface area contributed by atoms with E-state index in [-0.39, 0.29) is 37.6 Å². The number of ether oxygens (including phenoxy) is 1. The number of halogens is 2. The van der Waals surface area contributed by atoms with Crippen LogP contribution in [0.1, 0.15) is 53.5 Å². The average molecular weight is 573 g/mol. The highest BCUT2D eigenvalue weighted by Gasteiger charge is 2.40. The number of anilines is 1. The minimum absolute atomic E-state index is 0.134. The van der Waals surface area contributed by atoms with Crippen LogP contribution < -0.4 is 15.5 Å². The van der Waals surface area contributed by atoms with Gasteiger partial charge in [-0.3, -0.25) is 9.78 Å². The quantitative estimate of drug-likeness (QED) is 0.328. The maximum absolute atomic E-state index is 13.8. The van der Waals surface area contributed by atoms with Gasteiger partial charge in [0.15, 0.2) is 0 Å². The van der Waals surface area contributed by atoms with E-state index in [0.29, 0.717) is 11.3 Å². The first-order chi connectivity index (χ1) is 20.1. The first kappa shape index (κ1) is 28.1. The van der Waals surface area contributed by atoms with Crippen molar-refractivity contribution in [1.29, 1.82) is 0 Å². The van der Waals surface area contributed by atoms with E-state index in [1.165, 1.54) is 0 Å². The lowest BCUT2D eigenvalue weighted by Crippen LogP contribution is -2.45. The first-order valence-corrected chi connectivity index (χ1v) is 14.3. The number of aromatic nitrogens is 3. The summed E-state index contributed by atoms with van der Waals surface area (Å²) in [7, 11) is 0. The van der Waals surface area contributed by atoms with Gasteiger partial charge in [0.2, 0.25) is 0 Å². The summed E-state index contributed by atoms with van der Waals surface area (Å²) in [5.74, 6) is -2.15. The standard InChI is InChI=1S/C32H34F2N6O2/c1-19-7-8-22(11-25(19)29-13-32(33,34)18-37-29)31(41)36-15-24-12-28-23(14-35-24)9-10-27(38-28)26-5-4-6-30(39-26)40-16-20(2)42-21(3)17-40/h4-12,14,20-21,29,37H,13,15-18H2,1-3H3,(H,36,41)/t20-,21+,29-/m1/s1. The number of fused-ring (bicyclic) bond motifs is 1. The molecule has 0 unspecified atom stereocenters. The van der Waals surface area contributed by atoms with Gasteiger partial charge in [-0.1, -0.05) is 12.1 Å². The van der Waals surface area contributed by atoms with E-state index >= 15 is 0 Å². The number of aryl methyl sites for hydroxylation is 1. The zero-order chi connectivity index (χ0) is 29.4. The highest BCUT2D eigenvalue weighted by molar-refractivity contribution is 5.94. The largest absolute Gasteiger partial charge is 0.372 e. The molecule has 2 saturated heterocycles. The summed E-state index contributed by atoms with van der Waals surface area (Å²) in [6.45, 7) is 7.41. The fraction of sp³-hybridized carbons (Fsp3) is 0.375. The Kier molecular flexibility index (Phi) is 7.59. The molecule has 4 aromatic rings. The molecule has 8 nitrogen and oxygen atoms in total. The molecule has 42 heavy (non-hydrogen) atoms. The van der Waals surface area contributed by atoms with Gasteiger partial charge in [-0.15, -0.1) is 0 Å². The number of morpholine rings is 1. The smallest absolute Gasteiger partial charge is 0.262 e. The SMILES string of the molecule is Cc1ccc(C(=O)NCc2cc3nc(-c4cccc(N5C[C@@H](C)O[C@@H](C)C5)n4)ccc3cn2)cc1[C@H]1CC(F)(F)CN1. The van der Waals surface area contributed by atoms with E-state index in [0.717, 1.165) is 52.3 Å². The van der Waals surface area contributed by atoms with Crippen LogP contribution in [0.25, 0.3) is 22.3 Å². The lowest BCUT2D eigenvalue weighted by atomic mass is 9.96. The van der Waals surface area contributed by atoms with Crippen LogP contribution >= 0.6 is 0 Å². The fourth-order valence-corrected chi connectivity index (χ4v) is 5.77. The lowest BCUT2D eigenvalue weighted by molar-refractivity contribution is -0.00546. The van der Waals surface area contributed by atoms with E-state index in [4.69, 9.17) is 14.7 Å². The van der Waals surface area contributed by atoms with E-state index in [9.17, 15) is 13.6 Å². The van der Waals surface area contributed by atoms with Gasteiger partial charge < -0.3 is 20.3 Å². The molecular formula is C32H34F2N6O2. The molecule has 0 aliphatic carbocycles. The van der Waals surface area contributed by atoms with Crippen molar-refractivity contribution < 1.29 is 18.3 Å². The number of carbonyl (C=O) groups excluding carboxylic acids is 1. The number of nitrogens with zero attached hydrogens (tertiary/aromatic N) is 4. The molecule has 0 spiro atoms. The number of alkyl halides is 2. The van der Waals surface area contributed by atoms with Crippen LogP contribution in [0, 0.1) is 6.92 Å². The minimum atomic E-state index is -2.75. The summed E-state index contributed by atoms with van der Waals surface area (Å²) in [6, 6.07) is 16.4. The van der Waals surface area contributed by atoms with Gasteiger partial charge in [-0.2, -0.15) is 0 Å². The number of carbonyl (C=O) groups is 1. The second kappa shape index (κ2) is 11.3. The summed E-state index contributed by atoms with van der Waals surface area (Å²) in [5, 5.41) is 6.66. The second-order valence-corrected chi connectivity index (χ2v) is 11.4. The summed E-state index contributed by atoms with van der Waals surface area (Å²) in [4.78, 5) is 29.5. The molecule has 2 fully saturated rings. The van der Waals surface area contributed by atoms with E-state index in [1.54, 1.807) is 24.4 Å². The van der Waals surface area contributed by atoms with Crippen molar-refractivity contribution in [2.24, 2.45) is 0 Å². The topological polar surface area (TPSA) is 92.3 Å². The predicted molar refractivity (Wildman–Crippen MR) is 158 cm³/mol. The van der Waals surface area contributed by atoms with Crippen molar-refractivity contribution in [2.75, 3.05) is 24.5 Å². The molecule has 2 N–H and O–H groups in total. The first-order valence-electron chi connectivity index (χ1n) is 14.3. The molecule has 2 aliphatic heterocycles. The molecule has 0 bridgehead atoms. The average Bonchev–Trinajstić information content (AvgIpc) is 3.34. The number of hydrogen-bond donors (Lipinski definition) is 2. The fourth-order valence-electron chi connectivity index (χ4n) is 5.77. The Labute approximate surface area is 243 Å². The monoisotopic (exact) mass is 572 g/mol. The molecule has 10 heteroatoms. The van der Waals surface area contributed by atoms with Gasteiger partial charge in [0.25, 0.3) is 11.8 Å². The Morgan fingerprint density at radius 2 is 1.86 bits per heavy atom. The third-order valence-electron chi connectivity index (χ3n) is 7.83. The van der Waals surface area contributed by atoms with Gasteiger partial charge in [0.05, 0.1) is 47.9 Å². The zero-order valence-electron chi connectivity index (χ0n) is 23.9. The summed E-state index contributed by atoms with van der Waals surface area (Å²) in [5.41, 5.74) is 4.94. The lowest BCUT2D eigenvalue weighted by Gasteiger charge is -2.36. The number of nitrogens with one attached hydrogen (secondary N) is 2. The van der Waals surface area contributed by atoms with E-state index in [1.807, 2.05) is 43.3 Å². The minimum Gasteiger partial charge on any atom is -0.372 e. The molecule has 2 aliphatic rings. The Hall–Kier alpha value is -4.02. The van der Waals surface area contributed by atoms with Crippen molar-refractivity contribution in [1.82, 2.24) is 25.6 Å². The molecule has 3 atom stereocenters. The number of pyridine rings is 3. The summed E-state index contributed by atoms with van der Waals surface area (Å²) >= 11 is 0. The molecule has 5 heterocycles. The zero-order valence-corrected chi connectivity index (χ0v) is 23.9. The third kappa shape index (κ3) is 6.10. The van der Waals surface area contributed by atoms with Crippen molar-refractivity contribution in [3.05, 3.63) is 83.2 Å². The van der Waals surface area contributed by atoms with Crippen molar-refractivity contribution in [3.63, 3.8) is 0 Å². The van der Waals surface area contributed by atoms with Gasteiger partial charge in [0.1, 0.15) is 5.82 Å².